The number of carbonyl (C=O) groups is 1. The number of benzene rings is 1. The van der Waals surface area contributed by atoms with Gasteiger partial charge in [0.05, 0.1) is 12.1 Å². The number of carbonyl (C=O) groups excluding carboxylic acids is 1. The highest BCUT2D eigenvalue weighted by molar-refractivity contribution is 5.82. The fraction of sp³-hybridized carbons (Fsp3) is 0.333. The molecule has 1 amide bonds. The minimum atomic E-state index is -0.0362. The van der Waals surface area contributed by atoms with Gasteiger partial charge >= 0.3 is 0 Å². The predicted octanol–water partition coefficient (Wildman–Crippen LogP) is 4.64. The Morgan fingerprint density at radius 2 is 2.08 bits per heavy atom. The molecule has 5 nitrogen and oxygen atoms in total. The van der Waals surface area contributed by atoms with Crippen LogP contribution in [0.1, 0.15) is 37.8 Å². The Hall–Kier alpha value is -2.82. The summed E-state index contributed by atoms with van der Waals surface area (Å²) in [6.07, 6.45) is 8.36. The van der Waals surface area contributed by atoms with E-state index in [9.17, 15) is 4.79 Å². The van der Waals surface area contributed by atoms with Crippen molar-refractivity contribution in [2.75, 3.05) is 6.54 Å². The van der Waals surface area contributed by atoms with Gasteiger partial charge in [-0.15, -0.1) is 0 Å². The van der Waals surface area contributed by atoms with Crippen LogP contribution in [0.25, 0.3) is 22.5 Å². The van der Waals surface area contributed by atoms with Gasteiger partial charge in [0.15, 0.2) is 5.76 Å². The molecule has 5 heteroatoms. The normalized spacial score (nSPS) is 14.4. The fourth-order valence-electron chi connectivity index (χ4n) is 3.34. The van der Waals surface area contributed by atoms with Crippen molar-refractivity contribution in [1.82, 2.24) is 10.5 Å². The molecule has 0 bridgehead atoms. The molecular formula is C21H22N2O3. The van der Waals surface area contributed by atoms with Crippen LogP contribution in [0, 0.1) is 0 Å². The SMILES string of the molecule is O=C(Cc1cc(-c2cc3ccccc3o2)on1)NCCC1=CCCCC1. The van der Waals surface area contributed by atoms with Gasteiger partial charge in [0.1, 0.15) is 5.58 Å². The average molecular weight is 350 g/mol. The molecule has 1 aromatic carbocycles. The number of nitrogens with zero attached hydrogens (tertiary/aromatic N) is 1. The van der Waals surface area contributed by atoms with E-state index in [1.807, 2.05) is 30.3 Å². The number of hydrogen-bond donors (Lipinski definition) is 1. The first kappa shape index (κ1) is 16.6. The lowest BCUT2D eigenvalue weighted by Crippen LogP contribution is -2.26. The molecule has 0 atom stereocenters. The van der Waals surface area contributed by atoms with E-state index in [2.05, 4.69) is 16.5 Å². The minimum absolute atomic E-state index is 0.0362. The number of hydrogen-bond acceptors (Lipinski definition) is 4. The van der Waals surface area contributed by atoms with Gasteiger partial charge in [0.25, 0.3) is 0 Å². The summed E-state index contributed by atoms with van der Waals surface area (Å²) in [5, 5.41) is 7.97. The molecule has 0 saturated carbocycles. The van der Waals surface area contributed by atoms with E-state index in [1.54, 1.807) is 6.07 Å². The van der Waals surface area contributed by atoms with Gasteiger partial charge in [-0.1, -0.05) is 35.0 Å². The second kappa shape index (κ2) is 7.60. The Bertz CT molecular complexity index is 903. The molecule has 26 heavy (non-hydrogen) atoms. The second-order valence-corrected chi connectivity index (χ2v) is 6.72. The number of nitrogens with one attached hydrogen (secondary N) is 1. The highest BCUT2D eigenvalue weighted by atomic mass is 16.5. The standard InChI is InChI=1S/C21H22N2O3/c24-21(22-11-10-15-6-2-1-3-7-15)14-17-13-20(26-23-17)19-12-16-8-4-5-9-18(16)25-19/h4-6,8-9,12-13H,1-3,7,10-11,14H2,(H,22,24). The van der Waals surface area contributed by atoms with Crippen LogP contribution in [0.4, 0.5) is 0 Å². The van der Waals surface area contributed by atoms with E-state index >= 15 is 0 Å². The summed E-state index contributed by atoms with van der Waals surface area (Å²) < 4.78 is 11.1. The molecule has 0 unspecified atom stereocenters. The molecule has 4 rings (SSSR count). The molecule has 0 fully saturated rings. The average Bonchev–Trinajstić information content (AvgIpc) is 3.29. The van der Waals surface area contributed by atoms with Crippen molar-refractivity contribution >= 4 is 16.9 Å². The van der Waals surface area contributed by atoms with Gasteiger partial charge in [0, 0.05) is 18.0 Å². The molecule has 1 N–H and O–H groups in total. The van der Waals surface area contributed by atoms with Crippen LogP contribution in [0.2, 0.25) is 0 Å². The molecule has 0 aliphatic heterocycles. The number of furan rings is 1. The first-order chi connectivity index (χ1) is 12.8. The van der Waals surface area contributed by atoms with Gasteiger partial charge < -0.3 is 14.3 Å². The predicted molar refractivity (Wildman–Crippen MR) is 99.6 cm³/mol. The molecular weight excluding hydrogens is 328 g/mol. The number of allylic oxidation sites excluding steroid dienone is 1. The first-order valence-corrected chi connectivity index (χ1v) is 9.17. The largest absolute Gasteiger partial charge is 0.453 e. The molecule has 0 saturated heterocycles. The van der Waals surface area contributed by atoms with Crippen molar-refractivity contribution in [3.8, 4) is 11.5 Å². The topological polar surface area (TPSA) is 68.3 Å². The summed E-state index contributed by atoms with van der Waals surface area (Å²) in [4.78, 5) is 12.1. The number of aromatic nitrogens is 1. The third kappa shape index (κ3) is 3.87. The van der Waals surface area contributed by atoms with Crippen LogP contribution in [0.15, 0.2) is 57.0 Å². The lowest BCUT2D eigenvalue weighted by atomic mass is 9.97. The van der Waals surface area contributed by atoms with E-state index in [0.717, 1.165) is 17.4 Å². The Kier molecular flexibility index (Phi) is 4.86. The van der Waals surface area contributed by atoms with Crippen LogP contribution >= 0.6 is 0 Å². The lowest BCUT2D eigenvalue weighted by Gasteiger charge is -2.12. The van der Waals surface area contributed by atoms with Gasteiger partial charge in [0.2, 0.25) is 11.7 Å². The Morgan fingerprint density at radius 3 is 2.92 bits per heavy atom. The highest BCUT2D eigenvalue weighted by Crippen LogP contribution is 2.28. The number of rotatable bonds is 6. The molecule has 2 heterocycles. The summed E-state index contributed by atoms with van der Waals surface area (Å²) in [6, 6.07) is 11.5. The number of para-hydroxylation sites is 1. The smallest absolute Gasteiger partial charge is 0.226 e. The second-order valence-electron chi connectivity index (χ2n) is 6.72. The summed E-state index contributed by atoms with van der Waals surface area (Å²) in [5.74, 6) is 1.12. The molecule has 0 radical (unpaired) electrons. The quantitative estimate of drug-likeness (QED) is 0.658. The summed E-state index contributed by atoms with van der Waals surface area (Å²) >= 11 is 0. The van der Waals surface area contributed by atoms with E-state index in [4.69, 9.17) is 8.94 Å². The number of amides is 1. The van der Waals surface area contributed by atoms with E-state index < -0.39 is 0 Å². The Morgan fingerprint density at radius 1 is 1.15 bits per heavy atom. The third-order valence-electron chi connectivity index (χ3n) is 4.72. The highest BCUT2D eigenvalue weighted by Gasteiger charge is 2.14. The van der Waals surface area contributed by atoms with Gasteiger partial charge in [-0.2, -0.15) is 0 Å². The fourth-order valence-corrected chi connectivity index (χ4v) is 3.34. The first-order valence-electron chi connectivity index (χ1n) is 9.17. The third-order valence-corrected chi connectivity index (χ3v) is 4.72. The Labute approximate surface area is 152 Å². The Balaban J connectivity index is 1.32. The van der Waals surface area contributed by atoms with Crippen molar-refractivity contribution in [3.05, 3.63) is 53.7 Å². The van der Waals surface area contributed by atoms with Crippen molar-refractivity contribution in [2.45, 2.75) is 38.5 Å². The molecule has 1 aliphatic rings. The summed E-state index contributed by atoms with van der Waals surface area (Å²) in [5.41, 5.74) is 2.87. The zero-order valence-electron chi connectivity index (χ0n) is 14.7. The summed E-state index contributed by atoms with van der Waals surface area (Å²) in [6.45, 7) is 0.680. The molecule has 2 aromatic heterocycles. The van der Waals surface area contributed by atoms with Crippen LogP contribution < -0.4 is 5.32 Å². The molecule has 134 valence electrons. The minimum Gasteiger partial charge on any atom is -0.453 e. The summed E-state index contributed by atoms with van der Waals surface area (Å²) in [7, 11) is 0. The van der Waals surface area contributed by atoms with Crippen LogP contribution in [-0.4, -0.2) is 17.6 Å². The zero-order chi connectivity index (χ0) is 17.8. The molecule has 0 spiro atoms. The van der Waals surface area contributed by atoms with Gasteiger partial charge in [-0.3, -0.25) is 4.79 Å². The maximum absolute atomic E-state index is 12.1. The number of fused-ring (bicyclic) bond motifs is 1. The van der Waals surface area contributed by atoms with Crippen molar-refractivity contribution in [1.29, 1.82) is 0 Å². The van der Waals surface area contributed by atoms with E-state index in [0.29, 0.717) is 23.8 Å². The zero-order valence-corrected chi connectivity index (χ0v) is 14.7. The van der Waals surface area contributed by atoms with Crippen molar-refractivity contribution in [3.63, 3.8) is 0 Å². The molecule has 3 aromatic rings. The van der Waals surface area contributed by atoms with Gasteiger partial charge in [-0.25, -0.2) is 0 Å². The van der Waals surface area contributed by atoms with Crippen molar-refractivity contribution in [2.24, 2.45) is 0 Å². The van der Waals surface area contributed by atoms with Crippen LogP contribution in [0.3, 0.4) is 0 Å². The van der Waals surface area contributed by atoms with E-state index in [-0.39, 0.29) is 12.3 Å². The van der Waals surface area contributed by atoms with Gasteiger partial charge in [-0.05, 0) is 44.2 Å². The monoisotopic (exact) mass is 350 g/mol. The van der Waals surface area contributed by atoms with Crippen LogP contribution in [-0.2, 0) is 11.2 Å². The maximum Gasteiger partial charge on any atom is 0.226 e. The lowest BCUT2D eigenvalue weighted by molar-refractivity contribution is -0.120. The maximum atomic E-state index is 12.1. The van der Waals surface area contributed by atoms with Crippen molar-refractivity contribution < 1.29 is 13.7 Å². The molecule has 1 aliphatic carbocycles. The van der Waals surface area contributed by atoms with E-state index in [1.165, 1.54) is 31.3 Å². The van der Waals surface area contributed by atoms with Crippen LogP contribution in [0.5, 0.6) is 0 Å².